The molecule has 33 heavy (non-hydrogen) atoms. The number of anilines is 1. The van der Waals surface area contributed by atoms with Gasteiger partial charge in [-0.1, -0.05) is 6.07 Å². The van der Waals surface area contributed by atoms with Crippen LogP contribution in [0.1, 0.15) is 29.0 Å². The number of nitrogens with zero attached hydrogens (tertiary/aromatic N) is 3. The minimum atomic E-state index is -3.71. The van der Waals surface area contributed by atoms with E-state index >= 15 is 0 Å². The highest BCUT2D eigenvalue weighted by Gasteiger charge is 2.33. The Bertz CT molecular complexity index is 1130. The van der Waals surface area contributed by atoms with Gasteiger partial charge in [-0.25, -0.2) is 13.4 Å². The number of piperidine rings is 1. The largest absolute Gasteiger partial charge is 0.468 e. The first-order valence-electron chi connectivity index (χ1n) is 10.4. The molecule has 11 nitrogen and oxygen atoms in total. The predicted octanol–water partition coefficient (Wildman–Crippen LogP) is 0.671. The maximum atomic E-state index is 12.8. The van der Waals surface area contributed by atoms with E-state index in [-0.39, 0.29) is 42.0 Å². The number of carbonyl (C=O) groups is 3. The van der Waals surface area contributed by atoms with Crippen LogP contribution >= 0.6 is 0 Å². The molecule has 0 spiro atoms. The molecule has 1 aromatic carbocycles. The van der Waals surface area contributed by atoms with Gasteiger partial charge in [0.15, 0.2) is 5.03 Å². The SMILES string of the molecule is COC(=O)CNC(=O)c1cccc(NC(=O)C2CCN(S(=O)(=O)c3cn(C)c(C)n3)CC2)c1. The van der Waals surface area contributed by atoms with Gasteiger partial charge in [-0.2, -0.15) is 4.31 Å². The van der Waals surface area contributed by atoms with E-state index in [1.165, 1.54) is 23.7 Å². The number of rotatable bonds is 7. The van der Waals surface area contributed by atoms with Crippen molar-refractivity contribution in [3.05, 3.63) is 41.9 Å². The van der Waals surface area contributed by atoms with Gasteiger partial charge < -0.3 is 19.9 Å². The number of methoxy groups -OCH3 is 1. The van der Waals surface area contributed by atoms with Gasteiger partial charge in [0.05, 0.1) is 7.11 Å². The van der Waals surface area contributed by atoms with Crippen LogP contribution in [0.3, 0.4) is 0 Å². The van der Waals surface area contributed by atoms with Crippen molar-refractivity contribution in [3.8, 4) is 0 Å². The number of nitrogens with one attached hydrogen (secondary N) is 2. The van der Waals surface area contributed by atoms with Crippen LogP contribution < -0.4 is 10.6 Å². The molecule has 0 aliphatic carbocycles. The summed E-state index contributed by atoms with van der Waals surface area (Å²) in [6.07, 6.45) is 2.23. The first kappa shape index (κ1) is 24.4. The van der Waals surface area contributed by atoms with E-state index in [2.05, 4.69) is 20.4 Å². The molecule has 1 aromatic heterocycles. The van der Waals surface area contributed by atoms with E-state index in [9.17, 15) is 22.8 Å². The molecule has 1 saturated heterocycles. The number of imidazole rings is 1. The first-order valence-corrected chi connectivity index (χ1v) is 11.8. The number of ether oxygens (including phenoxy) is 1. The topological polar surface area (TPSA) is 140 Å². The highest BCUT2D eigenvalue weighted by atomic mass is 32.2. The third-order valence-corrected chi connectivity index (χ3v) is 7.30. The number of hydrogen-bond acceptors (Lipinski definition) is 7. The number of sulfonamides is 1. The van der Waals surface area contributed by atoms with Gasteiger partial charge in [0, 0.05) is 43.5 Å². The van der Waals surface area contributed by atoms with Gasteiger partial charge in [0.1, 0.15) is 12.4 Å². The summed E-state index contributed by atoms with van der Waals surface area (Å²) in [6, 6.07) is 6.34. The number of benzene rings is 1. The second kappa shape index (κ2) is 10.1. The number of amides is 2. The second-order valence-electron chi connectivity index (χ2n) is 7.74. The zero-order chi connectivity index (χ0) is 24.2. The van der Waals surface area contributed by atoms with E-state index in [4.69, 9.17) is 0 Å². The molecule has 1 aliphatic heterocycles. The van der Waals surface area contributed by atoms with Gasteiger partial charge in [-0.15, -0.1) is 0 Å². The summed E-state index contributed by atoms with van der Waals surface area (Å²) in [5.41, 5.74) is 0.716. The summed E-state index contributed by atoms with van der Waals surface area (Å²) in [5.74, 6) is -1.05. The first-order chi connectivity index (χ1) is 15.6. The van der Waals surface area contributed by atoms with Crippen LogP contribution in [-0.2, 0) is 31.4 Å². The monoisotopic (exact) mass is 477 g/mol. The fourth-order valence-corrected chi connectivity index (χ4v) is 4.95. The Morgan fingerprint density at radius 1 is 1.21 bits per heavy atom. The van der Waals surface area contributed by atoms with Crippen molar-refractivity contribution in [2.24, 2.45) is 13.0 Å². The van der Waals surface area contributed by atoms with Crippen LogP contribution in [0.15, 0.2) is 35.5 Å². The summed E-state index contributed by atoms with van der Waals surface area (Å²) in [7, 11) is -0.750. The molecule has 0 bridgehead atoms. The summed E-state index contributed by atoms with van der Waals surface area (Å²) < 4.78 is 33.1. The molecule has 178 valence electrons. The lowest BCUT2D eigenvalue weighted by Gasteiger charge is -2.30. The summed E-state index contributed by atoms with van der Waals surface area (Å²) in [5, 5.41) is 5.23. The summed E-state index contributed by atoms with van der Waals surface area (Å²) >= 11 is 0. The second-order valence-corrected chi connectivity index (χ2v) is 9.63. The standard InChI is InChI=1S/C21H27N5O6S/c1-14-23-18(13-25(14)2)33(30,31)26-9-7-15(8-10-26)21(29)24-17-6-4-5-16(11-17)20(28)22-12-19(27)32-3/h4-6,11,13,15H,7-10,12H2,1-3H3,(H,22,28)(H,24,29). The lowest BCUT2D eigenvalue weighted by Crippen LogP contribution is -2.41. The molecular formula is C21H27N5O6S. The van der Waals surface area contributed by atoms with Crippen molar-refractivity contribution in [2.45, 2.75) is 24.8 Å². The highest BCUT2D eigenvalue weighted by Crippen LogP contribution is 2.25. The minimum Gasteiger partial charge on any atom is -0.468 e. The van der Waals surface area contributed by atoms with E-state index in [0.717, 1.165) is 0 Å². The Morgan fingerprint density at radius 2 is 1.91 bits per heavy atom. The van der Waals surface area contributed by atoms with Crippen LogP contribution in [0.25, 0.3) is 0 Å². The molecule has 0 radical (unpaired) electrons. The molecule has 3 rings (SSSR count). The van der Waals surface area contributed by atoms with Crippen molar-refractivity contribution < 1.29 is 27.5 Å². The average molecular weight is 478 g/mol. The normalized spacial score (nSPS) is 15.1. The Labute approximate surface area is 192 Å². The van der Waals surface area contributed by atoms with Crippen LogP contribution in [0, 0.1) is 12.8 Å². The number of esters is 1. The Hall–Kier alpha value is -3.25. The highest BCUT2D eigenvalue weighted by molar-refractivity contribution is 7.89. The van der Waals surface area contributed by atoms with E-state index in [0.29, 0.717) is 24.4 Å². The Morgan fingerprint density at radius 3 is 2.52 bits per heavy atom. The van der Waals surface area contributed by atoms with Gasteiger partial charge >= 0.3 is 5.97 Å². The quantitative estimate of drug-likeness (QED) is 0.559. The van der Waals surface area contributed by atoms with Crippen LogP contribution in [0.4, 0.5) is 5.69 Å². The van der Waals surface area contributed by atoms with Gasteiger partial charge in [0.2, 0.25) is 5.91 Å². The van der Waals surface area contributed by atoms with E-state index in [1.54, 1.807) is 36.7 Å². The Balaban J connectivity index is 1.57. The molecule has 0 atom stereocenters. The van der Waals surface area contributed by atoms with Gasteiger partial charge in [-0.05, 0) is 38.0 Å². The number of aryl methyl sites for hydroxylation is 2. The fourth-order valence-electron chi connectivity index (χ4n) is 3.45. The molecule has 2 aromatic rings. The van der Waals surface area contributed by atoms with Crippen molar-refractivity contribution in [1.82, 2.24) is 19.2 Å². The third kappa shape index (κ3) is 5.76. The van der Waals surface area contributed by atoms with Crippen molar-refractivity contribution in [1.29, 1.82) is 0 Å². The zero-order valence-electron chi connectivity index (χ0n) is 18.7. The lowest BCUT2D eigenvalue weighted by molar-refractivity contribution is -0.139. The maximum absolute atomic E-state index is 12.8. The van der Waals surface area contributed by atoms with Crippen molar-refractivity contribution >= 4 is 33.5 Å². The van der Waals surface area contributed by atoms with Crippen LogP contribution in [-0.4, -0.2) is 66.8 Å². The number of aromatic nitrogens is 2. The fraction of sp³-hybridized carbons (Fsp3) is 0.429. The van der Waals surface area contributed by atoms with E-state index in [1.807, 2.05) is 0 Å². The number of carbonyl (C=O) groups excluding carboxylic acids is 3. The molecule has 0 saturated carbocycles. The summed E-state index contributed by atoms with van der Waals surface area (Å²) in [6.45, 7) is 1.90. The molecule has 2 heterocycles. The molecule has 2 N–H and O–H groups in total. The number of hydrogen-bond donors (Lipinski definition) is 2. The van der Waals surface area contributed by atoms with Crippen molar-refractivity contribution in [2.75, 3.05) is 32.1 Å². The third-order valence-electron chi connectivity index (χ3n) is 5.53. The molecule has 12 heteroatoms. The zero-order valence-corrected chi connectivity index (χ0v) is 19.5. The minimum absolute atomic E-state index is 0.00712. The van der Waals surface area contributed by atoms with Crippen molar-refractivity contribution in [3.63, 3.8) is 0 Å². The van der Waals surface area contributed by atoms with Crippen LogP contribution in [0.5, 0.6) is 0 Å². The molecule has 0 unspecified atom stereocenters. The maximum Gasteiger partial charge on any atom is 0.325 e. The van der Waals surface area contributed by atoms with Gasteiger partial charge in [-0.3, -0.25) is 14.4 Å². The average Bonchev–Trinajstić information content (AvgIpc) is 3.16. The molecular weight excluding hydrogens is 450 g/mol. The lowest BCUT2D eigenvalue weighted by atomic mass is 9.97. The van der Waals surface area contributed by atoms with Gasteiger partial charge in [0.25, 0.3) is 15.9 Å². The molecule has 1 aliphatic rings. The van der Waals surface area contributed by atoms with E-state index < -0.39 is 21.9 Å². The predicted molar refractivity (Wildman–Crippen MR) is 119 cm³/mol. The Kier molecular flexibility index (Phi) is 7.49. The smallest absolute Gasteiger partial charge is 0.325 e. The summed E-state index contributed by atoms with van der Waals surface area (Å²) in [4.78, 5) is 40.2. The molecule has 2 amide bonds. The molecule has 1 fully saturated rings. The van der Waals surface area contributed by atoms with Crippen LogP contribution in [0.2, 0.25) is 0 Å².